The summed E-state index contributed by atoms with van der Waals surface area (Å²) in [6.07, 6.45) is 0. The molecule has 0 unspecified atom stereocenters. The molecule has 1 heterocycles. The molecule has 0 aliphatic heterocycles. The molecule has 0 amide bonds. The van der Waals surface area contributed by atoms with Crippen molar-refractivity contribution in [2.24, 2.45) is 0 Å². The molecule has 9 heteroatoms. The molecular formula is C23H18BrClN2O4S. The first-order valence-corrected chi connectivity index (χ1v) is 12.3. The monoisotopic (exact) mass is 532 g/mol. The zero-order valence-electron chi connectivity index (χ0n) is 16.9. The number of ether oxygens (including phenoxy) is 1. The summed E-state index contributed by atoms with van der Waals surface area (Å²) in [5.41, 5.74) is 1.22. The van der Waals surface area contributed by atoms with Crippen LogP contribution in [0.4, 0.5) is 11.6 Å². The van der Waals surface area contributed by atoms with Crippen LogP contribution >= 0.6 is 27.5 Å². The van der Waals surface area contributed by atoms with E-state index < -0.39 is 9.84 Å². The van der Waals surface area contributed by atoms with Gasteiger partial charge in [0.2, 0.25) is 26.6 Å². The Labute approximate surface area is 199 Å². The Morgan fingerprint density at radius 2 is 1.66 bits per heavy atom. The fraction of sp³-hybridized carbons (Fsp3) is 0.0870. The number of aromatic nitrogens is 1. The van der Waals surface area contributed by atoms with Crippen molar-refractivity contribution >= 4 is 48.9 Å². The number of nitrogens with zero attached hydrogens (tertiary/aromatic N) is 1. The maximum atomic E-state index is 13.4. The predicted octanol–water partition coefficient (Wildman–Crippen LogP) is 6.73. The third kappa shape index (κ3) is 4.82. The third-order valence-electron chi connectivity index (χ3n) is 4.49. The minimum Gasteiger partial charge on any atom is -0.494 e. The Morgan fingerprint density at radius 3 is 2.28 bits per heavy atom. The summed E-state index contributed by atoms with van der Waals surface area (Å²) < 4.78 is 38.9. The lowest BCUT2D eigenvalue weighted by Crippen LogP contribution is -2.05. The average Bonchev–Trinajstić information content (AvgIpc) is 3.21. The first-order valence-electron chi connectivity index (χ1n) is 9.64. The van der Waals surface area contributed by atoms with Crippen LogP contribution in [0, 0.1) is 0 Å². The minimum atomic E-state index is -3.96. The van der Waals surface area contributed by atoms with Crippen molar-refractivity contribution in [2.75, 3.05) is 11.9 Å². The Hall–Kier alpha value is -2.81. The Kier molecular flexibility index (Phi) is 6.55. The smallest absolute Gasteiger partial charge is 0.238 e. The van der Waals surface area contributed by atoms with Crippen LogP contribution in [0.3, 0.4) is 0 Å². The Bertz CT molecular complexity index is 1320. The summed E-state index contributed by atoms with van der Waals surface area (Å²) in [6.45, 7) is 2.44. The van der Waals surface area contributed by atoms with Crippen LogP contribution in [0.5, 0.6) is 5.75 Å². The highest BCUT2D eigenvalue weighted by Gasteiger charge is 2.28. The molecule has 3 aromatic carbocycles. The first-order chi connectivity index (χ1) is 15.4. The van der Waals surface area contributed by atoms with Gasteiger partial charge in [-0.1, -0.05) is 27.5 Å². The third-order valence-corrected chi connectivity index (χ3v) is 6.95. The number of sulfone groups is 1. The zero-order valence-corrected chi connectivity index (χ0v) is 20.0. The van der Waals surface area contributed by atoms with Gasteiger partial charge < -0.3 is 14.5 Å². The van der Waals surface area contributed by atoms with Gasteiger partial charge in [-0.25, -0.2) is 8.42 Å². The highest BCUT2D eigenvalue weighted by molar-refractivity contribution is 9.10. The van der Waals surface area contributed by atoms with Crippen LogP contribution in [0.1, 0.15) is 6.92 Å². The van der Waals surface area contributed by atoms with Gasteiger partial charge in [0.15, 0.2) is 0 Å². The highest BCUT2D eigenvalue weighted by atomic mass is 79.9. The summed E-state index contributed by atoms with van der Waals surface area (Å²) >= 11 is 9.28. The molecule has 6 nitrogen and oxygen atoms in total. The van der Waals surface area contributed by atoms with Gasteiger partial charge in [0.25, 0.3) is 0 Å². The molecule has 0 atom stereocenters. The van der Waals surface area contributed by atoms with Crippen LogP contribution in [0.25, 0.3) is 11.5 Å². The number of hydrogen-bond donors (Lipinski definition) is 1. The molecule has 32 heavy (non-hydrogen) atoms. The van der Waals surface area contributed by atoms with Crippen molar-refractivity contribution in [1.29, 1.82) is 0 Å². The fourth-order valence-corrected chi connectivity index (χ4v) is 4.59. The van der Waals surface area contributed by atoms with Crippen LogP contribution in [0.2, 0.25) is 5.02 Å². The van der Waals surface area contributed by atoms with E-state index in [1.807, 2.05) is 6.92 Å². The van der Waals surface area contributed by atoms with Gasteiger partial charge in [0, 0.05) is 20.7 Å². The normalized spacial score (nSPS) is 11.3. The van der Waals surface area contributed by atoms with Gasteiger partial charge in [-0.2, -0.15) is 4.98 Å². The number of oxazole rings is 1. The standard InChI is InChI=1S/C23H18BrClN2O4S/c1-2-30-19-11-3-15(4-12-19)21-27-23(32(28,29)20-13-5-16(24)6-14-20)22(31-21)26-18-9-7-17(25)8-10-18/h3-14,26H,2H2,1H3. The maximum absolute atomic E-state index is 13.4. The molecule has 0 saturated carbocycles. The number of halogens is 2. The number of rotatable bonds is 7. The average molecular weight is 534 g/mol. The van der Waals surface area contributed by atoms with Gasteiger partial charge in [0.05, 0.1) is 11.5 Å². The molecule has 0 radical (unpaired) electrons. The molecule has 0 spiro atoms. The number of nitrogens with one attached hydrogen (secondary N) is 1. The van der Waals surface area contributed by atoms with Crippen LogP contribution in [0.15, 0.2) is 91.6 Å². The lowest BCUT2D eigenvalue weighted by atomic mass is 10.2. The van der Waals surface area contributed by atoms with Crippen molar-refractivity contribution in [3.05, 3.63) is 82.3 Å². The molecule has 1 aromatic heterocycles. The largest absolute Gasteiger partial charge is 0.494 e. The van der Waals surface area contributed by atoms with Crippen molar-refractivity contribution in [1.82, 2.24) is 4.98 Å². The molecular weight excluding hydrogens is 516 g/mol. The van der Waals surface area contributed by atoms with Crippen molar-refractivity contribution in [2.45, 2.75) is 16.8 Å². The maximum Gasteiger partial charge on any atom is 0.238 e. The molecule has 1 N–H and O–H groups in total. The molecule has 0 aliphatic carbocycles. The van der Waals surface area contributed by atoms with Crippen molar-refractivity contribution < 1.29 is 17.6 Å². The van der Waals surface area contributed by atoms with Gasteiger partial charge >= 0.3 is 0 Å². The molecule has 0 bridgehead atoms. The van der Waals surface area contributed by atoms with E-state index >= 15 is 0 Å². The predicted molar refractivity (Wildman–Crippen MR) is 127 cm³/mol. The van der Waals surface area contributed by atoms with Crippen molar-refractivity contribution in [3.8, 4) is 17.2 Å². The second-order valence-corrected chi connectivity index (χ2v) is 9.92. The second kappa shape index (κ2) is 9.36. The van der Waals surface area contributed by atoms with Crippen LogP contribution in [-0.2, 0) is 9.84 Å². The van der Waals surface area contributed by atoms with Gasteiger partial charge in [-0.05, 0) is 79.7 Å². The minimum absolute atomic E-state index is 0.0131. The Morgan fingerprint density at radius 1 is 1.00 bits per heavy atom. The van der Waals surface area contributed by atoms with Crippen LogP contribution in [-0.4, -0.2) is 20.0 Å². The number of benzene rings is 3. The molecule has 0 saturated heterocycles. The van der Waals surface area contributed by atoms with E-state index in [0.717, 1.165) is 4.47 Å². The number of anilines is 2. The van der Waals surface area contributed by atoms with E-state index in [2.05, 4.69) is 26.2 Å². The van der Waals surface area contributed by atoms with Gasteiger partial charge in [-0.3, -0.25) is 0 Å². The summed E-state index contributed by atoms with van der Waals surface area (Å²) in [5.74, 6) is 0.879. The van der Waals surface area contributed by atoms with E-state index in [1.165, 1.54) is 12.1 Å². The highest BCUT2D eigenvalue weighted by Crippen LogP contribution is 2.35. The topological polar surface area (TPSA) is 81.4 Å². The van der Waals surface area contributed by atoms with E-state index in [4.69, 9.17) is 20.8 Å². The summed E-state index contributed by atoms with van der Waals surface area (Å²) in [7, 11) is -3.96. The first kappa shape index (κ1) is 22.4. The Balaban J connectivity index is 1.79. The lowest BCUT2D eigenvalue weighted by molar-refractivity contribution is 0.340. The summed E-state index contributed by atoms with van der Waals surface area (Å²) in [6, 6.07) is 20.2. The molecule has 0 aliphatic rings. The number of hydrogen-bond acceptors (Lipinski definition) is 6. The second-order valence-electron chi connectivity index (χ2n) is 6.70. The SMILES string of the molecule is CCOc1ccc(-c2nc(S(=O)(=O)c3ccc(Br)cc3)c(Nc3ccc(Cl)cc3)o2)cc1. The summed E-state index contributed by atoms with van der Waals surface area (Å²) in [4.78, 5) is 4.45. The molecule has 0 fully saturated rings. The van der Waals surface area contributed by atoms with Gasteiger partial charge in [0.1, 0.15) is 5.75 Å². The van der Waals surface area contributed by atoms with Gasteiger partial charge in [-0.15, -0.1) is 0 Å². The molecule has 4 rings (SSSR count). The van der Waals surface area contributed by atoms with E-state index in [9.17, 15) is 8.42 Å². The van der Waals surface area contributed by atoms with Crippen molar-refractivity contribution in [3.63, 3.8) is 0 Å². The van der Waals surface area contributed by atoms with E-state index in [0.29, 0.717) is 28.6 Å². The quantitative estimate of drug-likeness (QED) is 0.284. The summed E-state index contributed by atoms with van der Waals surface area (Å²) in [5, 5.41) is 3.36. The molecule has 164 valence electrons. The molecule has 4 aromatic rings. The lowest BCUT2D eigenvalue weighted by Gasteiger charge is -2.06. The van der Waals surface area contributed by atoms with E-state index in [-0.39, 0.29) is 21.7 Å². The van der Waals surface area contributed by atoms with Crippen LogP contribution < -0.4 is 10.1 Å². The fourth-order valence-electron chi connectivity index (χ4n) is 2.94. The van der Waals surface area contributed by atoms with E-state index in [1.54, 1.807) is 60.7 Å². The zero-order chi connectivity index (χ0) is 22.7.